The molecular weight excluding hydrogens is 238 g/mol. The first-order valence-corrected chi connectivity index (χ1v) is 7.29. The second-order valence-corrected chi connectivity index (χ2v) is 5.15. The average Bonchev–Trinajstić information content (AvgIpc) is 2.48. The molecule has 0 atom stereocenters. The van der Waals surface area contributed by atoms with Crippen LogP contribution >= 0.6 is 0 Å². The first-order valence-electron chi connectivity index (χ1n) is 7.29. The van der Waals surface area contributed by atoms with Crippen molar-refractivity contribution >= 4 is 6.29 Å². The highest BCUT2D eigenvalue weighted by Gasteiger charge is 2.08. The first-order chi connectivity index (χ1) is 9.38. The number of benzene rings is 1. The number of carbonyl (C=O) groups excluding carboxylic acids is 1. The monoisotopic (exact) mass is 261 g/mol. The van der Waals surface area contributed by atoms with Gasteiger partial charge in [0.15, 0.2) is 0 Å². The summed E-state index contributed by atoms with van der Waals surface area (Å²) in [5, 5.41) is 0. The normalized spacial score (nSPS) is 16.2. The zero-order valence-corrected chi connectivity index (χ0v) is 11.5. The Kier molecular flexibility index (Phi) is 5.89. The van der Waals surface area contributed by atoms with Crippen LogP contribution in [0.2, 0.25) is 0 Å². The first kappa shape index (κ1) is 14.1. The van der Waals surface area contributed by atoms with E-state index in [-0.39, 0.29) is 0 Å². The predicted octanol–water partition coefficient (Wildman–Crippen LogP) is 3.14. The van der Waals surface area contributed by atoms with Crippen LogP contribution in [0, 0.1) is 0 Å². The maximum atomic E-state index is 10.6. The topological polar surface area (TPSA) is 29.5 Å². The van der Waals surface area contributed by atoms with Crippen LogP contribution in [0.1, 0.15) is 42.5 Å². The Balaban J connectivity index is 1.59. The Labute approximate surface area is 115 Å². The zero-order chi connectivity index (χ0) is 13.3. The summed E-state index contributed by atoms with van der Waals surface area (Å²) in [6.45, 7) is 4.46. The number of unbranched alkanes of at least 4 members (excludes halogenated alkanes) is 1. The fourth-order valence-electron chi connectivity index (χ4n) is 2.49. The van der Waals surface area contributed by atoms with Crippen LogP contribution in [0.4, 0.5) is 0 Å². The van der Waals surface area contributed by atoms with Crippen molar-refractivity contribution in [3.63, 3.8) is 0 Å². The van der Waals surface area contributed by atoms with Gasteiger partial charge in [-0.25, -0.2) is 0 Å². The van der Waals surface area contributed by atoms with Crippen molar-refractivity contribution in [2.45, 2.75) is 32.1 Å². The maximum Gasteiger partial charge on any atom is 0.150 e. The smallest absolute Gasteiger partial charge is 0.150 e. The number of aldehydes is 1. The summed E-state index contributed by atoms with van der Waals surface area (Å²) in [6.07, 6.45) is 7.22. The average molecular weight is 261 g/mol. The van der Waals surface area contributed by atoms with E-state index in [0.717, 1.165) is 25.1 Å². The van der Waals surface area contributed by atoms with Gasteiger partial charge in [0.1, 0.15) is 12.0 Å². The standard InChI is InChI=1S/C16H23NO2/c18-14-15-7-6-8-16(13-15)19-12-5-4-11-17-9-2-1-3-10-17/h6-8,13-14H,1-5,9-12H2. The second-order valence-electron chi connectivity index (χ2n) is 5.15. The third kappa shape index (κ3) is 5.03. The number of ether oxygens (including phenoxy) is 1. The minimum atomic E-state index is 0.672. The lowest BCUT2D eigenvalue weighted by molar-refractivity contribution is 0.112. The molecule has 0 aliphatic carbocycles. The van der Waals surface area contributed by atoms with Crippen LogP contribution in [0.3, 0.4) is 0 Å². The van der Waals surface area contributed by atoms with Gasteiger partial charge in [-0.05, 0) is 57.5 Å². The molecule has 2 rings (SSSR count). The third-order valence-electron chi connectivity index (χ3n) is 3.58. The molecule has 1 aliphatic rings. The maximum absolute atomic E-state index is 10.6. The van der Waals surface area contributed by atoms with Gasteiger partial charge in [0.05, 0.1) is 6.61 Å². The second kappa shape index (κ2) is 7.95. The molecule has 1 aliphatic heterocycles. The number of likely N-dealkylation sites (tertiary alicyclic amines) is 1. The third-order valence-corrected chi connectivity index (χ3v) is 3.58. The number of rotatable bonds is 7. The van der Waals surface area contributed by atoms with E-state index in [9.17, 15) is 4.79 Å². The summed E-state index contributed by atoms with van der Waals surface area (Å²) in [4.78, 5) is 13.2. The fraction of sp³-hybridized carbons (Fsp3) is 0.562. The minimum Gasteiger partial charge on any atom is -0.494 e. The van der Waals surface area contributed by atoms with Crippen molar-refractivity contribution in [3.8, 4) is 5.75 Å². The molecule has 0 amide bonds. The molecule has 1 heterocycles. The molecule has 3 heteroatoms. The van der Waals surface area contributed by atoms with Crippen LogP contribution in [0.5, 0.6) is 5.75 Å². The molecule has 0 radical (unpaired) electrons. The van der Waals surface area contributed by atoms with Gasteiger partial charge in [-0.3, -0.25) is 4.79 Å². The molecule has 1 aromatic carbocycles. The number of hydrogen-bond donors (Lipinski definition) is 0. The molecule has 3 nitrogen and oxygen atoms in total. The van der Waals surface area contributed by atoms with E-state index in [2.05, 4.69) is 4.90 Å². The molecule has 0 aromatic heterocycles. The van der Waals surface area contributed by atoms with Crippen LogP contribution in [-0.4, -0.2) is 37.4 Å². The van der Waals surface area contributed by atoms with Crippen LogP contribution in [0.25, 0.3) is 0 Å². The van der Waals surface area contributed by atoms with E-state index in [0.29, 0.717) is 5.56 Å². The highest BCUT2D eigenvalue weighted by molar-refractivity contribution is 5.75. The summed E-state index contributed by atoms with van der Waals surface area (Å²) in [5.41, 5.74) is 0.672. The zero-order valence-electron chi connectivity index (χ0n) is 11.5. The number of hydrogen-bond acceptors (Lipinski definition) is 3. The van der Waals surface area contributed by atoms with Gasteiger partial charge in [-0.15, -0.1) is 0 Å². The van der Waals surface area contributed by atoms with Gasteiger partial charge in [-0.2, -0.15) is 0 Å². The molecule has 0 bridgehead atoms. The van der Waals surface area contributed by atoms with E-state index >= 15 is 0 Å². The highest BCUT2D eigenvalue weighted by atomic mass is 16.5. The van der Waals surface area contributed by atoms with Gasteiger partial charge >= 0.3 is 0 Å². The SMILES string of the molecule is O=Cc1cccc(OCCCCN2CCCCC2)c1. The van der Waals surface area contributed by atoms with Crippen molar-refractivity contribution in [1.29, 1.82) is 0 Å². The summed E-state index contributed by atoms with van der Waals surface area (Å²) in [5.74, 6) is 0.794. The van der Waals surface area contributed by atoms with Crippen molar-refractivity contribution in [3.05, 3.63) is 29.8 Å². The lowest BCUT2D eigenvalue weighted by Crippen LogP contribution is -2.30. The quantitative estimate of drug-likeness (QED) is 0.558. The molecular formula is C16H23NO2. The molecule has 0 N–H and O–H groups in total. The highest BCUT2D eigenvalue weighted by Crippen LogP contribution is 2.13. The Morgan fingerprint density at radius 3 is 2.79 bits per heavy atom. The van der Waals surface area contributed by atoms with Crippen molar-refractivity contribution in [2.24, 2.45) is 0 Å². The van der Waals surface area contributed by atoms with Gasteiger partial charge < -0.3 is 9.64 Å². The molecule has 0 unspecified atom stereocenters. The van der Waals surface area contributed by atoms with E-state index in [1.807, 2.05) is 12.1 Å². The number of carbonyl (C=O) groups is 1. The van der Waals surface area contributed by atoms with E-state index in [1.165, 1.54) is 45.3 Å². The fourth-order valence-corrected chi connectivity index (χ4v) is 2.49. The largest absolute Gasteiger partial charge is 0.494 e. The lowest BCUT2D eigenvalue weighted by Gasteiger charge is -2.26. The van der Waals surface area contributed by atoms with Crippen molar-refractivity contribution in [2.75, 3.05) is 26.2 Å². The van der Waals surface area contributed by atoms with E-state index in [1.54, 1.807) is 12.1 Å². The van der Waals surface area contributed by atoms with Crippen molar-refractivity contribution in [1.82, 2.24) is 4.90 Å². The lowest BCUT2D eigenvalue weighted by atomic mass is 10.1. The molecule has 1 fully saturated rings. The molecule has 0 saturated carbocycles. The minimum absolute atomic E-state index is 0.672. The van der Waals surface area contributed by atoms with Crippen LogP contribution in [-0.2, 0) is 0 Å². The summed E-state index contributed by atoms with van der Waals surface area (Å²) >= 11 is 0. The van der Waals surface area contributed by atoms with Gasteiger partial charge in [0, 0.05) is 5.56 Å². The number of piperidine rings is 1. The predicted molar refractivity (Wildman–Crippen MR) is 76.8 cm³/mol. The Morgan fingerprint density at radius 1 is 1.16 bits per heavy atom. The number of nitrogens with zero attached hydrogens (tertiary/aromatic N) is 1. The summed E-state index contributed by atoms with van der Waals surface area (Å²) in [7, 11) is 0. The summed E-state index contributed by atoms with van der Waals surface area (Å²) in [6, 6.07) is 7.33. The van der Waals surface area contributed by atoms with Crippen molar-refractivity contribution < 1.29 is 9.53 Å². The molecule has 19 heavy (non-hydrogen) atoms. The summed E-state index contributed by atoms with van der Waals surface area (Å²) < 4.78 is 5.66. The Hall–Kier alpha value is -1.35. The van der Waals surface area contributed by atoms with Crippen LogP contribution < -0.4 is 4.74 Å². The van der Waals surface area contributed by atoms with E-state index in [4.69, 9.17) is 4.74 Å². The molecule has 104 valence electrons. The molecule has 1 saturated heterocycles. The molecule has 1 aromatic rings. The Bertz CT molecular complexity index is 386. The molecule has 0 spiro atoms. The van der Waals surface area contributed by atoms with Gasteiger partial charge in [0.25, 0.3) is 0 Å². The Morgan fingerprint density at radius 2 is 2.00 bits per heavy atom. The van der Waals surface area contributed by atoms with Gasteiger partial charge in [0.2, 0.25) is 0 Å². The van der Waals surface area contributed by atoms with Crippen LogP contribution in [0.15, 0.2) is 24.3 Å². The van der Waals surface area contributed by atoms with E-state index < -0.39 is 0 Å². The van der Waals surface area contributed by atoms with Gasteiger partial charge in [-0.1, -0.05) is 18.6 Å².